The minimum absolute atomic E-state index is 0.0309. The second-order valence-corrected chi connectivity index (χ2v) is 9.37. The third-order valence-electron chi connectivity index (χ3n) is 5.65. The minimum Gasteiger partial charge on any atom is -0.370 e. The standard InChI is InChI=1S/C18H22F4O5S/c1-11(2)17-9-14(25-10-12-6-4-5-7-13(12)19)16(3,27-17)8-15(17)26-28(23,24)18(20,21)22/h4-7,11,14-15H,8-10H2,1-3H3/t14-,15+,16+,17-/m1/s1. The molecule has 2 bridgehead atoms. The Bertz CT molecular complexity index is 841. The number of ether oxygens (including phenoxy) is 2. The summed E-state index contributed by atoms with van der Waals surface area (Å²) < 4.78 is 91.5. The molecule has 2 aliphatic heterocycles. The monoisotopic (exact) mass is 426 g/mol. The van der Waals surface area contributed by atoms with Gasteiger partial charge in [-0.15, -0.1) is 0 Å². The van der Waals surface area contributed by atoms with Gasteiger partial charge >= 0.3 is 15.6 Å². The van der Waals surface area contributed by atoms with E-state index in [2.05, 4.69) is 4.18 Å². The van der Waals surface area contributed by atoms with Gasteiger partial charge in [0.1, 0.15) is 17.5 Å². The van der Waals surface area contributed by atoms with Crippen molar-refractivity contribution in [2.75, 3.05) is 0 Å². The van der Waals surface area contributed by atoms with Gasteiger partial charge in [-0.3, -0.25) is 4.18 Å². The molecule has 2 aliphatic rings. The highest BCUT2D eigenvalue weighted by Gasteiger charge is 2.68. The van der Waals surface area contributed by atoms with Gasteiger partial charge in [0.15, 0.2) is 0 Å². The third kappa shape index (κ3) is 3.55. The van der Waals surface area contributed by atoms with Crippen LogP contribution in [0.4, 0.5) is 17.6 Å². The van der Waals surface area contributed by atoms with Crippen molar-refractivity contribution in [1.82, 2.24) is 0 Å². The van der Waals surface area contributed by atoms with E-state index in [4.69, 9.17) is 9.47 Å². The van der Waals surface area contributed by atoms with Crippen LogP contribution in [0.3, 0.4) is 0 Å². The van der Waals surface area contributed by atoms with E-state index in [-0.39, 0.29) is 25.4 Å². The number of rotatable bonds is 6. The van der Waals surface area contributed by atoms with Crippen LogP contribution in [0.2, 0.25) is 0 Å². The van der Waals surface area contributed by atoms with Crippen LogP contribution in [0.5, 0.6) is 0 Å². The zero-order valence-electron chi connectivity index (χ0n) is 15.6. The van der Waals surface area contributed by atoms with Crippen molar-refractivity contribution < 1.29 is 39.6 Å². The van der Waals surface area contributed by atoms with Crippen LogP contribution in [-0.2, 0) is 30.4 Å². The highest BCUT2D eigenvalue weighted by molar-refractivity contribution is 7.87. The number of alkyl halides is 3. The van der Waals surface area contributed by atoms with Gasteiger partial charge in [0, 0.05) is 18.4 Å². The molecule has 0 amide bonds. The SMILES string of the molecule is CC(C)[C@]12C[C@@H](OCc3ccccc3F)[C@](C)(C[C@@H]1OS(=O)(=O)C(F)(F)F)O2. The lowest BCUT2D eigenvalue weighted by Crippen LogP contribution is -2.50. The maximum absolute atomic E-state index is 13.8. The number of benzene rings is 1. The zero-order valence-corrected chi connectivity index (χ0v) is 16.4. The molecule has 2 heterocycles. The van der Waals surface area contributed by atoms with E-state index in [1.165, 1.54) is 6.07 Å². The first kappa shape index (κ1) is 21.5. The quantitative estimate of drug-likeness (QED) is 0.392. The van der Waals surface area contributed by atoms with Crippen LogP contribution in [0, 0.1) is 11.7 Å². The fraction of sp³-hybridized carbons (Fsp3) is 0.667. The minimum atomic E-state index is -5.75. The van der Waals surface area contributed by atoms with Crippen molar-refractivity contribution in [2.45, 2.75) is 69.1 Å². The molecule has 5 nitrogen and oxygen atoms in total. The van der Waals surface area contributed by atoms with Gasteiger partial charge < -0.3 is 9.47 Å². The summed E-state index contributed by atoms with van der Waals surface area (Å²) in [7, 11) is -5.75. The van der Waals surface area contributed by atoms with Gasteiger partial charge in [-0.25, -0.2) is 4.39 Å². The van der Waals surface area contributed by atoms with Gasteiger partial charge in [0.05, 0.1) is 18.3 Å². The number of hydrogen-bond acceptors (Lipinski definition) is 5. The Labute approximate surface area is 161 Å². The maximum Gasteiger partial charge on any atom is 0.523 e. The summed E-state index contributed by atoms with van der Waals surface area (Å²) in [5.74, 6) is -0.752. The van der Waals surface area contributed by atoms with E-state index >= 15 is 0 Å². The molecule has 2 fully saturated rings. The predicted octanol–water partition coefficient (Wildman–Crippen LogP) is 3.92. The molecule has 10 heteroatoms. The number of halogens is 4. The summed E-state index contributed by atoms with van der Waals surface area (Å²) >= 11 is 0. The van der Waals surface area contributed by atoms with Crippen molar-refractivity contribution in [3.63, 3.8) is 0 Å². The molecular weight excluding hydrogens is 404 g/mol. The Morgan fingerprint density at radius 1 is 1.21 bits per heavy atom. The van der Waals surface area contributed by atoms with E-state index in [1.54, 1.807) is 39.0 Å². The lowest BCUT2D eigenvalue weighted by Gasteiger charge is -2.37. The number of hydrogen-bond donors (Lipinski definition) is 0. The molecule has 0 unspecified atom stereocenters. The largest absolute Gasteiger partial charge is 0.523 e. The van der Waals surface area contributed by atoms with Crippen LogP contribution >= 0.6 is 0 Å². The summed E-state index contributed by atoms with van der Waals surface area (Å²) in [5, 5.41) is 0. The fourth-order valence-corrected chi connectivity index (χ4v) is 4.69. The van der Waals surface area contributed by atoms with E-state index in [0.29, 0.717) is 5.56 Å². The molecule has 0 radical (unpaired) electrons. The van der Waals surface area contributed by atoms with E-state index in [1.807, 2.05) is 0 Å². The Kier molecular flexibility index (Phi) is 5.31. The second-order valence-electron chi connectivity index (χ2n) is 7.81. The lowest BCUT2D eigenvalue weighted by molar-refractivity contribution is -0.108. The molecule has 158 valence electrons. The van der Waals surface area contributed by atoms with Crippen LogP contribution in [0.15, 0.2) is 24.3 Å². The maximum atomic E-state index is 13.8. The zero-order chi connectivity index (χ0) is 21.0. The van der Waals surface area contributed by atoms with Gasteiger partial charge in [-0.05, 0) is 18.9 Å². The second kappa shape index (κ2) is 6.93. The summed E-state index contributed by atoms with van der Waals surface area (Å²) in [6.07, 6.45) is -1.75. The Morgan fingerprint density at radius 3 is 2.43 bits per heavy atom. The molecule has 2 saturated heterocycles. The van der Waals surface area contributed by atoms with E-state index in [9.17, 15) is 26.0 Å². The van der Waals surface area contributed by atoms with Gasteiger partial charge in [-0.2, -0.15) is 21.6 Å². The summed E-state index contributed by atoms with van der Waals surface area (Å²) in [4.78, 5) is 0. The molecule has 1 aromatic carbocycles. The van der Waals surface area contributed by atoms with Crippen molar-refractivity contribution >= 4 is 10.1 Å². The smallest absolute Gasteiger partial charge is 0.370 e. The third-order valence-corrected chi connectivity index (χ3v) is 6.70. The first-order valence-corrected chi connectivity index (χ1v) is 10.3. The van der Waals surface area contributed by atoms with Crippen molar-refractivity contribution in [2.24, 2.45) is 5.92 Å². The molecule has 4 atom stereocenters. The van der Waals surface area contributed by atoms with Crippen LogP contribution in [0.1, 0.15) is 39.2 Å². The van der Waals surface area contributed by atoms with Gasteiger partial charge in [0.25, 0.3) is 0 Å². The topological polar surface area (TPSA) is 61.8 Å². The average molecular weight is 426 g/mol. The molecule has 0 aliphatic carbocycles. The lowest BCUT2D eigenvalue weighted by atomic mass is 9.73. The van der Waals surface area contributed by atoms with Crippen LogP contribution in [-0.4, -0.2) is 37.3 Å². The highest BCUT2D eigenvalue weighted by atomic mass is 32.2. The molecular formula is C18H22F4O5S. The Hall–Kier alpha value is -1.23. The van der Waals surface area contributed by atoms with Gasteiger partial charge in [-0.1, -0.05) is 32.0 Å². The van der Waals surface area contributed by atoms with Crippen molar-refractivity contribution in [3.05, 3.63) is 35.6 Å². The average Bonchev–Trinajstić information content (AvgIpc) is 3.01. The molecule has 28 heavy (non-hydrogen) atoms. The molecule has 1 aromatic rings. The first-order chi connectivity index (χ1) is 12.8. The molecule has 0 saturated carbocycles. The molecule has 0 N–H and O–H groups in total. The normalized spacial score (nSPS) is 33.0. The van der Waals surface area contributed by atoms with Crippen molar-refractivity contribution in [1.29, 1.82) is 0 Å². The molecule has 3 rings (SSSR count). The predicted molar refractivity (Wildman–Crippen MR) is 91.1 cm³/mol. The highest BCUT2D eigenvalue weighted by Crippen LogP contribution is 2.57. The van der Waals surface area contributed by atoms with Crippen LogP contribution in [0.25, 0.3) is 0 Å². The first-order valence-electron chi connectivity index (χ1n) is 8.85. The number of fused-ring (bicyclic) bond motifs is 2. The fourth-order valence-electron chi connectivity index (χ4n) is 4.05. The molecule has 0 spiro atoms. The Balaban J connectivity index is 1.79. The van der Waals surface area contributed by atoms with Crippen molar-refractivity contribution in [3.8, 4) is 0 Å². The summed E-state index contributed by atoms with van der Waals surface area (Å²) in [6.45, 7) is 5.06. The summed E-state index contributed by atoms with van der Waals surface area (Å²) in [6, 6.07) is 6.10. The van der Waals surface area contributed by atoms with Crippen LogP contribution < -0.4 is 0 Å². The van der Waals surface area contributed by atoms with Gasteiger partial charge in [0.2, 0.25) is 0 Å². The van der Waals surface area contributed by atoms with E-state index in [0.717, 1.165) is 0 Å². The summed E-state index contributed by atoms with van der Waals surface area (Å²) in [5.41, 5.74) is -7.44. The molecule has 0 aromatic heterocycles. The Morgan fingerprint density at radius 2 is 1.86 bits per heavy atom. The van der Waals surface area contributed by atoms with E-state index < -0.39 is 44.9 Å².